The van der Waals surface area contributed by atoms with Gasteiger partial charge in [0.1, 0.15) is 4.90 Å². The molecule has 0 fully saturated rings. The second-order valence-electron chi connectivity index (χ2n) is 4.02. The van der Waals surface area contributed by atoms with Gasteiger partial charge in [0.2, 0.25) is 10.0 Å². The first kappa shape index (κ1) is 15.0. The topological polar surface area (TPSA) is 70.0 Å². The Morgan fingerprint density at radius 2 is 2.17 bits per heavy atom. The fraction of sp³-hybridized carbons (Fsp3) is 0.417. The van der Waals surface area contributed by atoms with Crippen LogP contribution in [0, 0.1) is 18.3 Å². The third kappa shape index (κ3) is 3.70. The van der Waals surface area contributed by atoms with Crippen LogP contribution in [0.5, 0.6) is 0 Å². The molecule has 0 aliphatic heterocycles. The Morgan fingerprint density at radius 3 is 2.72 bits per heavy atom. The van der Waals surface area contributed by atoms with Crippen LogP contribution in [0.3, 0.4) is 0 Å². The van der Waals surface area contributed by atoms with Crippen molar-refractivity contribution < 1.29 is 8.42 Å². The van der Waals surface area contributed by atoms with Crippen LogP contribution in [0.1, 0.15) is 25.3 Å². The minimum Gasteiger partial charge on any atom is -0.207 e. The van der Waals surface area contributed by atoms with Crippen LogP contribution in [-0.2, 0) is 10.0 Å². The molecule has 18 heavy (non-hydrogen) atoms. The summed E-state index contributed by atoms with van der Waals surface area (Å²) in [5.74, 6) is 0. The van der Waals surface area contributed by atoms with Gasteiger partial charge < -0.3 is 0 Å². The molecule has 4 nitrogen and oxygen atoms in total. The Morgan fingerprint density at radius 1 is 1.50 bits per heavy atom. The second-order valence-corrected chi connectivity index (χ2v) is 6.11. The Kier molecular flexibility index (Phi) is 5.15. The summed E-state index contributed by atoms with van der Waals surface area (Å²) in [5, 5.41) is 8.80. The molecule has 98 valence electrons. The van der Waals surface area contributed by atoms with Gasteiger partial charge in [0.05, 0.1) is 17.5 Å². The Labute approximate surface area is 113 Å². The van der Waals surface area contributed by atoms with Crippen LogP contribution in [-0.4, -0.2) is 14.5 Å². The van der Waals surface area contributed by atoms with E-state index in [1.54, 1.807) is 19.1 Å². The average molecular weight is 287 g/mol. The highest BCUT2D eigenvalue weighted by Crippen LogP contribution is 2.22. The Balaban J connectivity index is 3.06. The minimum atomic E-state index is -3.68. The van der Waals surface area contributed by atoms with Crippen LogP contribution in [0.2, 0.25) is 5.02 Å². The molecule has 1 atom stereocenters. The first-order valence-corrected chi connectivity index (χ1v) is 7.42. The highest BCUT2D eigenvalue weighted by atomic mass is 35.5. The molecule has 1 N–H and O–H groups in total. The predicted molar refractivity (Wildman–Crippen MR) is 70.8 cm³/mol. The molecule has 6 heteroatoms. The quantitative estimate of drug-likeness (QED) is 0.904. The summed E-state index contributed by atoms with van der Waals surface area (Å²) in [6.07, 6.45) is 0.690. The summed E-state index contributed by atoms with van der Waals surface area (Å²) >= 11 is 5.90. The van der Waals surface area contributed by atoms with E-state index in [0.29, 0.717) is 6.42 Å². The van der Waals surface area contributed by atoms with Gasteiger partial charge in [-0.25, -0.2) is 13.1 Å². The van der Waals surface area contributed by atoms with Crippen molar-refractivity contribution in [1.82, 2.24) is 4.72 Å². The van der Waals surface area contributed by atoms with Gasteiger partial charge in [-0.1, -0.05) is 24.6 Å². The fourth-order valence-corrected chi connectivity index (χ4v) is 3.38. The van der Waals surface area contributed by atoms with Gasteiger partial charge in [-0.3, -0.25) is 0 Å². The number of benzene rings is 1. The van der Waals surface area contributed by atoms with Crippen molar-refractivity contribution in [3.63, 3.8) is 0 Å². The highest BCUT2D eigenvalue weighted by molar-refractivity contribution is 7.89. The van der Waals surface area contributed by atoms with E-state index in [1.165, 1.54) is 6.07 Å². The zero-order valence-electron chi connectivity index (χ0n) is 10.3. The molecule has 0 radical (unpaired) electrons. The lowest BCUT2D eigenvalue weighted by Gasteiger charge is -2.15. The predicted octanol–water partition coefficient (Wildman–Crippen LogP) is 2.62. The van der Waals surface area contributed by atoms with E-state index in [0.717, 1.165) is 5.56 Å². The zero-order chi connectivity index (χ0) is 13.8. The highest BCUT2D eigenvalue weighted by Gasteiger charge is 2.21. The molecular weight excluding hydrogens is 272 g/mol. The minimum absolute atomic E-state index is 0.0561. The molecule has 0 aliphatic carbocycles. The smallest absolute Gasteiger partial charge is 0.207 e. The van der Waals surface area contributed by atoms with Crippen molar-refractivity contribution in [2.24, 2.45) is 0 Å². The summed E-state index contributed by atoms with van der Waals surface area (Å²) < 4.78 is 26.8. The number of rotatable bonds is 5. The van der Waals surface area contributed by atoms with Crippen LogP contribution in [0.15, 0.2) is 23.1 Å². The van der Waals surface area contributed by atoms with Crippen LogP contribution < -0.4 is 4.72 Å². The van der Waals surface area contributed by atoms with E-state index in [2.05, 4.69) is 4.72 Å². The van der Waals surface area contributed by atoms with Gasteiger partial charge in [0.25, 0.3) is 0 Å². The summed E-state index contributed by atoms with van der Waals surface area (Å²) in [5.41, 5.74) is 0.813. The summed E-state index contributed by atoms with van der Waals surface area (Å²) in [4.78, 5) is 0.0561. The molecule has 0 bridgehead atoms. The van der Waals surface area contributed by atoms with Crippen LogP contribution in [0.4, 0.5) is 0 Å². The SMILES string of the molecule is CCC(CC#N)NS(=O)(=O)c1cc(C)ccc1Cl. The standard InChI is InChI=1S/C12H15ClN2O2S/c1-3-10(6-7-14)15-18(16,17)12-8-9(2)4-5-11(12)13/h4-5,8,10,15H,3,6H2,1-2H3. The Hall–Kier alpha value is -1.09. The van der Waals surface area contributed by atoms with E-state index in [4.69, 9.17) is 16.9 Å². The second kappa shape index (κ2) is 6.19. The average Bonchev–Trinajstić information content (AvgIpc) is 2.31. The number of aryl methyl sites for hydroxylation is 1. The summed E-state index contributed by atoms with van der Waals surface area (Å²) in [6, 6.07) is 6.38. The van der Waals surface area contributed by atoms with Gasteiger partial charge in [-0.15, -0.1) is 0 Å². The molecule has 1 aromatic carbocycles. The number of halogens is 1. The van der Waals surface area contributed by atoms with Crippen molar-refractivity contribution in [1.29, 1.82) is 5.26 Å². The number of nitriles is 1. The fourth-order valence-electron chi connectivity index (χ4n) is 1.48. The molecule has 1 aromatic rings. The number of nitrogens with zero attached hydrogens (tertiary/aromatic N) is 1. The molecule has 0 spiro atoms. The largest absolute Gasteiger partial charge is 0.242 e. The maximum atomic E-state index is 12.1. The van der Waals surface area contributed by atoms with Crippen LogP contribution in [0.25, 0.3) is 0 Å². The van der Waals surface area contributed by atoms with Crippen molar-refractivity contribution in [3.05, 3.63) is 28.8 Å². The maximum absolute atomic E-state index is 12.1. The zero-order valence-corrected chi connectivity index (χ0v) is 11.8. The molecule has 1 rings (SSSR count). The van der Waals surface area contributed by atoms with Crippen molar-refractivity contribution >= 4 is 21.6 Å². The van der Waals surface area contributed by atoms with E-state index in [-0.39, 0.29) is 16.3 Å². The Bertz CT molecular complexity index is 564. The van der Waals surface area contributed by atoms with E-state index >= 15 is 0 Å². The molecule has 0 saturated heterocycles. The van der Waals surface area contributed by atoms with Crippen molar-refractivity contribution in [3.8, 4) is 6.07 Å². The van der Waals surface area contributed by atoms with Crippen LogP contribution >= 0.6 is 11.6 Å². The molecule has 0 saturated carbocycles. The first-order chi connectivity index (χ1) is 8.40. The van der Waals surface area contributed by atoms with E-state index in [9.17, 15) is 8.42 Å². The van der Waals surface area contributed by atoms with Gasteiger partial charge in [0, 0.05) is 6.04 Å². The lowest BCUT2D eigenvalue weighted by molar-refractivity contribution is 0.543. The van der Waals surface area contributed by atoms with Crippen molar-refractivity contribution in [2.75, 3.05) is 0 Å². The molecule has 0 heterocycles. The number of hydrogen-bond donors (Lipinski definition) is 1. The molecule has 1 unspecified atom stereocenters. The third-order valence-corrected chi connectivity index (χ3v) is 4.53. The number of nitrogens with one attached hydrogen (secondary N) is 1. The number of hydrogen-bond acceptors (Lipinski definition) is 3. The van der Waals surface area contributed by atoms with Crippen molar-refractivity contribution in [2.45, 2.75) is 37.6 Å². The van der Waals surface area contributed by atoms with Gasteiger partial charge in [-0.2, -0.15) is 5.26 Å². The van der Waals surface area contributed by atoms with Gasteiger partial charge >= 0.3 is 0 Å². The molecule has 0 amide bonds. The van der Waals surface area contributed by atoms with E-state index < -0.39 is 16.1 Å². The third-order valence-electron chi connectivity index (χ3n) is 2.53. The molecule has 0 aliphatic rings. The summed E-state index contributed by atoms with van der Waals surface area (Å²) in [6.45, 7) is 3.62. The normalized spacial score (nSPS) is 13.0. The van der Waals surface area contributed by atoms with E-state index in [1.807, 2.05) is 13.0 Å². The van der Waals surface area contributed by atoms with Gasteiger partial charge in [-0.05, 0) is 31.0 Å². The van der Waals surface area contributed by atoms with Gasteiger partial charge in [0.15, 0.2) is 0 Å². The monoisotopic (exact) mass is 286 g/mol. The lowest BCUT2D eigenvalue weighted by Crippen LogP contribution is -2.34. The lowest BCUT2D eigenvalue weighted by atomic mass is 10.2. The molecule has 0 aromatic heterocycles. The molecular formula is C12H15ClN2O2S. The first-order valence-electron chi connectivity index (χ1n) is 5.56. The number of sulfonamides is 1. The maximum Gasteiger partial charge on any atom is 0.242 e. The summed E-state index contributed by atoms with van der Waals surface area (Å²) in [7, 11) is -3.68.